The lowest BCUT2D eigenvalue weighted by atomic mass is 10.0. The molecule has 41 heavy (non-hydrogen) atoms. The number of carbonyl (C=O) groups excluding carboxylic acids is 2. The molecule has 6 heteroatoms. The van der Waals surface area contributed by atoms with Crippen molar-refractivity contribution in [2.75, 3.05) is 10.6 Å². The smallest absolute Gasteiger partial charge is 0.255 e. The third kappa shape index (κ3) is 5.06. The molecule has 200 valence electrons. The fourth-order valence-electron chi connectivity index (χ4n) is 5.10. The molecule has 6 aromatic rings. The Bertz CT molecular complexity index is 1940. The van der Waals surface area contributed by atoms with Crippen LogP contribution in [0.25, 0.3) is 32.7 Å². The average molecular weight is 539 g/mol. The van der Waals surface area contributed by atoms with E-state index in [2.05, 4.69) is 10.6 Å². The van der Waals surface area contributed by atoms with Gasteiger partial charge in [-0.1, -0.05) is 66.7 Å². The molecule has 4 N–H and O–H groups in total. The van der Waals surface area contributed by atoms with Crippen LogP contribution in [-0.4, -0.2) is 22.0 Å². The number of rotatable bonds is 5. The molecule has 6 nitrogen and oxygen atoms in total. The summed E-state index contributed by atoms with van der Waals surface area (Å²) < 4.78 is 0. The van der Waals surface area contributed by atoms with Crippen LogP contribution in [0.3, 0.4) is 0 Å². The first-order valence-corrected chi connectivity index (χ1v) is 13.1. The highest BCUT2D eigenvalue weighted by Crippen LogP contribution is 2.34. The van der Waals surface area contributed by atoms with E-state index in [0.717, 1.165) is 27.5 Å². The molecule has 0 spiro atoms. The van der Waals surface area contributed by atoms with Crippen LogP contribution in [0.1, 0.15) is 26.3 Å². The molecule has 0 radical (unpaired) electrons. The molecule has 0 aliphatic carbocycles. The van der Waals surface area contributed by atoms with Gasteiger partial charge in [0.2, 0.25) is 0 Å². The number of amides is 2. The highest BCUT2D eigenvalue weighted by atomic mass is 16.3. The monoisotopic (exact) mass is 538 g/mol. The number of hydrogen-bond donors (Lipinski definition) is 4. The van der Waals surface area contributed by atoms with E-state index in [1.54, 1.807) is 54.6 Å². The number of aromatic hydroxyl groups is 2. The fourth-order valence-corrected chi connectivity index (χ4v) is 5.10. The summed E-state index contributed by atoms with van der Waals surface area (Å²) in [6, 6.07) is 34.2. The van der Waals surface area contributed by atoms with Gasteiger partial charge in [-0.3, -0.25) is 9.59 Å². The summed E-state index contributed by atoms with van der Waals surface area (Å²) in [4.78, 5) is 26.0. The second kappa shape index (κ2) is 10.5. The SMILES string of the molecule is Cc1cc(O)c2c(NC(=O)c3ccc(-c4ccc(C(=O)Nc5cccc6cccc(O)c56)cc4)cc3)cccc2c1. The predicted molar refractivity (Wildman–Crippen MR) is 164 cm³/mol. The Labute approximate surface area is 236 Å². The quantitative estimate of drug-likeness (QED) is 0.179. The minimum absolute atomic E-state index is 0.108. The van der Waals surface area contributed by atoms with Crippen molar-refractivity contribution in [3.8, 4) is 22.6 Å². The molecule has 0 aliphatic heterocycles. The fraction of sp³-hybridized carbons (Fsp3) is 0.0286. The van der Waals surface area contributed by atoms with Crippen LogP contribution in [0.2, 0.25) is 0 Å². The van der Waals surface area contributed by atoms with Gasteiger partial charge in [0.25, 0.3) is 11.8 Å². The number of fused-ring (bicyclic) bond motifs is 2. The Balaban J connectivity index is 1.17. The molecule has 0 atom stereocenters. The third-order valence-corrected chi connectivity index (χ3v) is 7.11. The van der Waals surface area contributed by atoms with Crippen molar-refractivity contribution in [2.24, 2.45) is 0 Å². The summed E-state index contributed by atoms with van der Waals surface area (Å²) in [6.07, 6.45) is 0. The molecule has 2 amide bonds. The van der Waals surface area contributed by atoms with Gasteiger partial charge in [0.05, 0.1) is 11.4 Å². The number of carbonyl (C=O) groups is 2. The normalized spacial score (nSPS) is 11.0. The first-order valence-electron chi connectivity index (χ1n) is 13.1. The molecule has 0 fully saturated rings. The summed E-state index contributed by atoms with van der Waals surface area (Å²) in [5.74, 6) is -0.334. The summed E-state index contributed by atoms with van der Waals surface area (Å²) in [5.41, 5.74) is 4.76. The van der Waals surface area contributed by atoms with Crippen molar-refractivity contribution in [3.63, 3.8) is 0 Å². The van der Waals surface area contributed by atoms with E-state index in [4.69, 9.17) is 0 Å². The molecule has 0 heterocycles. The minimum Gasteiger partial charge on any atom is -0.507 e. The molecule has 0 unspecified atom stereocenters. The van der Waals surface area contributed by atoms with Crippen molar-refractivity contribution in [1.29, 1.82) is 0 Å². The molecule has 6 aromatic carbocycles. The summed E-state index contributed by atoms with van der Waals surface area (Å²) >= 11 is 0. The zero-order valence-corrected chi connectivity index (χ0v) is 22.2. The third-order valence-electron chi connectivity index (χ3n) is 7.11. The van der Waals surface area contributed by atoms with Crippen LogP contribution in [0, 0.1) is 6.92 Å². The van der Waals surface area contributed by atoms with E-state index < -0.39 is 0 Å². The van der Waals surface area contributed by atoms with Crippen molar-refractivity contribution in [2.45, 2.75) is 6.92 Å². The van der Waals surface area contributed by atoms with Gasteiger partial charge in [0.1, 0.15) is 11.5 Å². The number of benzene rings is 6. The van der Waals surface area contributed by atoms with Crippen LogP contribution in [-0.2, 0) is 0 Å². The average Bonchev–Trinajstić information content (AvgIpc) is 2.97. The number of aryl methyl sites for hydroxylation is 1. The van der Waals surface area contributed by atoms with E-state index in [9.17, 15) is 19.8 Å². The van der Waals surface area contributed by atoms with Crippen molar-refractivity contribution >= 4 is 44.7 Å². The first kappa shape index (κ1) is 25.6. The second-order valence-electron chi connectivity index (χ2n) is 9.93. The summed E-state index contributed by atoms with van der Waals surface area (Å²) in [7, 11) is 0. The number of nitrogens with one attached hydrogen (secondary N) is 2. The molecule has 0 aromatic heterocycles. The first-order chi connectivity index (χ1) is 19.9. The Morgan fingerprint density at radius 3 is 1.54 bits per heavy atom. The molecular weight excluding hydrogens is 512 g/mol. The van der Waals surface area contributed by atoms with Gasteiger partial charge >= 0.3 is 0 Å². The number of anilines is 2. The largest absolute Gasteiger partial charge is 0.507 e. The Kier molecular flexibility index (Phi) is 6.57. The highest BCUT2D eigenvalue weighted by molar-refractivity contribution is 6.12. The number of phenolic OH excluding ortho intramolecular Hbond substituents is 2. The molecule has 6 rings (SSSR count). The lowest BCUT2D eigenvalue weighted by Gasteiger charge is -2.12. The van der Waals surface area contributed by atoms with E-state index in [1.165, 1.54) is 0 Å². The van der Waals surface area contributed by atoms with Crippen LogP contribution in [0.15, 0.2) is 115 Å². The van der Waals surface area contributed by atoms with Crippen molar-refractivity contribution in [1.82, 2.24) is 0 Å². The van der Waals surface area contributed by atoms with Gasteiger partial charge in [0.15, 0.2) is 0 Å². The summed E-state index contributed by atoms with van der Waals surface area (Å²) in [6.45, 7) is 1.91. The van der Waals surface area contributed by atoms with Gasteiger partial charge in [-0.05, 0) is 82.9 Å². The Morgan fingerprint density at radius 2 is 1.00 bits per heavy atom. The maximum Gasteiger partial charge on any atom is 0.255 e. The molecule has 0 aliphatic rings. The van der Waals surface area contributed by atoms with E-state index in [1.807, 2.05) is 67.6 Å². The number of hydrogen-bond acceptors (Lipinski definition) is 4. The lowest BCUT2D eigenvalue weighted by Crippen LogP contribution is -2.12. The highest BCUT2D eigenvalue weighted by Gasteiger charge is 2.13. The van der Waals surface area contributed by atoms with Crippen LogP contribution >= 0.6 is 0 Å². The molecule has 0 saturated carbocycles. The van der Waals surface area contributed by atoms with Gasteiger partial charge in [-0.2, -0.15) is 0 Å². The lowest BCUT2D eigenvalue weighted by molar-refractivity contribution is 0.101. The molecule has 0 bridgehead atoms. The maximum atomic E-state index is 13.0. The maximum absolute atomic E-state index is 13.0. The van der Waals surface area contributed by atoms with Crippen LogP contribution < -0.4 is 10.6 Å². The van der Waals surface area contributed by atoms with Crippen molar-refractivity contribution in [3.05, 3.63) is 132 Å². The van der Waals surface area contributed by atoms with Gasteiger partial charge in [-0.25, -0.2) is 0 Å². The Morgan fingerprint density at radius 1 is 0.537 bits per heavy atom. The standard InChI is InChI=1S/C35H26N2O4/c1-21-19-27-7-3-9-29(33(27)31(39)20-21)37-35(41)26-17-13-23(14-18-26)22-11-15-25(16-12-22)34(40)36-28-8-2-5-24-6-4-10-30(38)32(24)28/h2-20,38-39H,1H3,(H,36,40)(H,37,41). The zero-order valence-electron chi connectivity index (χ0n) is 22.2. The summed E-state index contributed by atoms with van der Waals surface area (Å²) in [5, 5.41) is 29.5. The predicted octanol–water partition coefficient (Wildman–Crippen LogP) is 7.88. The van der Waals surface area contributed by atoms with Gasteiger partial charge in [0, 0.05) is 21.9 Å². The minimum atomic E-state index is -0.283. The van der Waals surface area contributed by atoms with E-state index in [0.29, 0.717) is 33.3 Å². The molecule has 0 saturated heterocycles. The Hall–Kier alpha value is -5.62. The van der Waals surface area contributed by atoms with Gasteiger partial charge in [-0.15, -0.1) is 0 Å². The van der Waals surface area contributed by atoms with Crippen LogP contribution in [0.5, 0.6) is 11.5 Å². The van der Waals surface area contributed by atoms with Crippen molar-refractivity contribution < 1.29 is 19.8 Å². The number of phenols is 2. The van der Waals surface area contributed by atoms with E-state index >= 15 is 0 Å². The van der Waals surface area contributed by atoms with Gasteiger partial charge < -0.3 is 20.8 Å². The van der Waals surface area contributed by atoms with E-state index in [-0.39, 0.29) is 23.3 Å². The van der Waals surface area contributed by atoms with Crippen LogP contribution in [0.4, 0.5) is 11.4 Å². The zero-order chi connectivity index (χ0) is 28.5. The molecular formula is C35H26N2O4. The topological polar surface area (TPSA) is 98.7 Å². The second-order valence-corrected chi connectivity index (χ2v) is 9.93.